The smallest absolute Gasteiger partial charge is 0.235 e. The summed E-state index contributed by atoms with van der Waals surface area (Å²) >= 11 is 5.95. The zero-order valence-corrected chi connectivity index (χ0v) is 14.2. The lowest BCUT2D eigenvalue weighted by Gasteiger charge is -2.34. The molecular formula is C18H19ClN2O3. The first kappa shape index (κ1) is 18.0. The maximum atomic E-state index is 12.9. The van der Waals surface area contributed by atoms with E-state index < -0.39 is 12.0 Å². The predicted molar refractivity (Wildman–Crippen MR) is 94.4 cm³/mol. The number of halogens is 1. The van der Waals surface area contributed by atoms with Gasteiger partial charge in [-0.1, -0.05) is 35.9 Å². The van der Waals surface area contributed by atoms with Gasteiger partial charge < -0.3 is 15.7 Å². The third-order valence-corrected chi connectivity index (χ3v) is 4.31. The largest absolute Gasteiger partial charge is 0.412 e. The number of fused-ring (bicyclic) bond motifs is 1. The average Bonchev–Trinajstić information content (AvgIpc) is 2.55. The maximum Gasteiger partial charge on any atom is 0.235 e. The number of rotatable bonds is 2. The summed E-state index contributed by atoms with van der Waals surface area (Å²) in [6.45, 7) is 0. The van der Waals surface area contributed by atoms with Gasteiger partial charge in [0.25, 0.3) is 0 Å². The third-order valence-electron chi connectivity index (χ3n) is 4.06. The molecule has 6 heteroatoms. The van der Waals surface area contributed by atoms with E-state index in [4.69, 9.17) is 11.6 Å². The van der Waals surface area contributed by atoms with Crippen molar-refractivity contribution in [3.05, 3.63) is 64.7 Å². The first-order chi connectivity index (χ1) is 11.0. The molecule has 5 nitrogen and oxygen atoms in total. The lowest BCUT2D eigenvalue weighted by atomic mass is 9.81. The number of nitrogens with zero attached hydrogens (tertiary/aromatic N) is 1. The molecule has 1 heterocycles. The van der Waals surface area contributed by atoms with E-state index in [0.29, 0.717) is 10.6 Å². The van der Waals surface area contributed by atoms with Crippen LogP contribution in [0, 0.1) is 5.92 Å². The van der Waals surface area contributed by atoms with Crippen LogP contribution in [0.25, 0.3) is 0 Å². The molecule has 0 unspecified atom stereocenters. The molecule has 2 aromatic rings. The summed E-state index contributed by atoms with van der Waals surface area (Å²) in [5.74, 6) is -1.16. The van der Waals surface area contributed by atoms with Crippen LogP contribution in [0.4, 0.5) is 5.69 Å². The first-order valence-corrected chi connectivity index (χ1v) is 7.73. The van der Waals surface area contributed by atoms with E-state index in [1.165, 1.54) is 4.90 Å². The van der Waals surface area contributed by atoms with Gasteiger partial charge in [0.15, 0.2) is 5.78 Å². The Morgan fingerprint density at radius 1 is 1.08 bits per heavy atom. The highest BCUT2D eigenvalue weighted by molar-refractivity contribution is 6.30. The Kier molecular flexibility index (Phi) is 5.26. The van der Waals surface area contributed by atoms with Gasteiger partial charge in [-0.3, -0.25) is 9.59 Å². The Balaban J connectivity index is 0.00000208. The Morgan fingerprint density at radius 2 is 1.71 bits per heavy atom. The minimum absolute atomic E-state index is 0. The van der Waals surface area contributed by atoms with E-state index in [0.717, 1.165) is 11.3 Å². The molecular weight excluding hydrogens is 328 g/mol. The van der Waals surface area contributed by atoms with Crippen molar-refractivity contribution in [1.29, 1.82) is 0 Å². The molecule has 2 aromatic carbocycles. The third kappa shape index (κ3) is 3.13. The van der Waals surface area contributed by atoms with E-state index in [-0.39, 0.29) is 17.2 Å². The van der Waals surface area contributed by atoms with Crippen LogP contribution in [-0.4, -0.2) is 36.2 Å². The van der Waals surface area contributed by atoms with Gasteiger partial charge in [0.1, 0.15) is 5.92 Å². The Hall–Kier alpha value is -2.37. The van der Waals surface area contributed by atoms with Crippen LogP contribution in [0.15, 0.2) is 48.5 Å². The van der Waals surface area contributed by atoms with Crippen molar-refractivity contribution < 1.29 is 15.1 Å². The Labute approximate surface area is 145 Å². The highest BCUT2D eigenvalue weighted by atomic mass is 35.5. The molecule has 0 aliphatic carbocycles. The van der Waals surface area contributed by atoms with Crippen LogP contribution in [-0.2, 0) is 4.79 Å². The monoisotopic (exact) mass is 346 g/mol. The van der Waals surface area contributed by atoms with Crippen molar-refractivity contribution in [2.45, 2.75) is 6.04 Å². The highest BCUT2D eigenvalue weighted by Crippen LogP contribution is 2.37. The number of carbonyl (C=O) groups is 2. The minimum atomic E-state index is -0.791. The Bertz CT molecular complexity index is 759. The zero-order chi connectivity index (χ0) is 16.6. The zero-order valence-electron chi connectivity index (χ0n) is 13.4. The van der Waals surface area contributed by atoms with Gasteiger partial charge in [0.05, 0.1) is 6.04 Å². The fourth-order valence-corrected chi connectivity index (χ4v) is 3.00. The number of amides is 1. The number of anilines is 1. The summed E-state index contributed by atoms with van der Waals surface area (Å²) in [6.07, 6.45) is 0. The van der Waals surface area contributed by atoms with Gasteiger partial charge in [-0.25, -0.2) is 0 Å². The van der Waals surface area contributed by atoms with Crippen LogP contribution in [0.3, 0.4) is 0 Å². The van der Waals surface area contributed by atoms with Crippen LogP contribution < -0.4 is 5.32 Å². The second kappa shape index (κ2) is 7.03. The van der Waals surface area contributed by atoms with Crippen LogP contribution in [0.1, 0.15) is 22.0 Å². The average molecular weight is 347 g/mol. The molecule has 2 atom stereocenters. The predicted octanol–water partition coefficient (Wildman–Crippen LogP) is 2.57. The molecule has 0 spiro atoms. The van der Waals surface area contributed by atoms with Gasteiger partial charge in [-0.05, 0) is 29.8 Å². The van der Waals surface area contributed by atoms with Gasteiger partial charge in [0.2, 0.25) is 5.91 Å². The van der Waals surface area contributed by atoms with Crippen LogP contribution >= 0.6 is 11.6 Å². The van der Waals surface area contributed by atoms with E-state index in [2.05, 4.69) is 5.32 Å². The molecule has 1 aliphatic heterocycles. The lowest BCUT2D eigenvalue weighted by molar-refractivity contribution is -0.131. The number of nitrogens with one attached hydrogen (secondary N) is 1. The quantitative estimate of drug-likeness (QED) is 0.848. The lowest BCUT2D eigenvalue weighted by Crippen LogP contribution is -2.43. The van der Waals surface area contributed by atoms with E-state index >= 15 is 0 Å². The van der Waals surface area contributed by atoms with Gasteiger partial charge >= 0.3 is 0 Å². The van der Waals surface area contributed by atoms with E-state index in [1.54, 1.807) is 38.4 Å². The molecule has 1 amide bonds. The second-order valence-electron chi connectivity index (χ2n) is 5.79. The molecule has 0 bridgehead atoms. The topological polar surface area (TPSA) is 80.9 Å². The molecule has 0 saturated heterocycles. The molecule has 24 heavy (non-hydrogen) atoms. The summed E-state index contributed by atoms with van der Waals surface area (Å²) < 4.78 is 0. The summed E-state index contributed by atoms with van der Waals surface area (Å²) in [6, 6.07) is 14.1. The number of Topliss-reactive ketones (excluding diaryl/α,β-unsaturated/α-hetero) is 1. The number of carbonyl (C=O) groups excluding carboxylic acids is 2. The molecule has 0 aromatic heterocycles. The maximum absolute atomic E-state index is 12.9. The number of hydrogen-bond acceptors (Lipinski definition) is 3. The van der Waals surface area contributed by atoms with Crippen LogP contribution in [0.2, 0.25) is 5.02 Å². The van der Waals surface area contributed by atoms with Crippen molar-refractivity contribution in [3.8, 4) is 0 Å². The SMILES string of the molecule is CN(C)C(=O)[C@@H]1C(=O)c2ccccc2N[C@H]1c1ccc(Cl)cc1.O. The number of para-hydroxylation sites is 1. The van der Waals surface area contributed by atoms with Crippen molar-refractivity contribution >= 4 is 29.0 Å². The Morgan fingerprint density at radius 3 is 2.33 bits per heavy atom. The minimum Gasteiger partial charge on any atom is -0.412 e. The normalized spacial score (nSPS) is 18.9. The number of ketones is 1. The number of hydrogen-bond donors (Lipinski definition) is 1. The van der Waals surface area contributed by atoms with Crippen molar-refractivity contribution in [2.75, 3.05) is 19.4 Å². The molecule has 3 rings (SSSR count). The van der Waals surface area contributed by atoms with Crippen LogP contribution in [0.5, 0.6) is 0 Å². The molecule has 0 saturated carbocycles. The summed E-state index contributed by atoms with van der Waals surface area (Å²) in [4.78, 5) is 27.0. The van der Waals surface area contributed by atoms with Crippen molar-refractivity contribution in [3.63, 3.8) is 0 Å². The summed E-state index contributed by atoms with van der Waals surface area (Å²) in [7, 11) is 3.32. The summed E-state index contributed by atoms with van der Waals surface area (Å²) in [5.41, 5.74) is 2.16. The van der Waals surface area contributed by atoms with Gasteiger partial charge in [0, 0.05) is 30.4 Å². The molecule has 126 valence electrons. The fourth-order valence-electron chi connectivity index (χ4n) is 2.87. The van der Waals surface area contributed by atoms with Gasteiger partial charge in [-0.15, -0.1) is 0 Å². The summed E-state index contributed by atoms with van der Waals surface area (Å²) in [5, 5.41) is 3.95. The standard InChI is InChI=1S/C18H17ClN2O2.H2O/c1-21(2)18(23)15-16(11-7-9-12(19)10-8-11)20-14-6-4-3-5-13(14)17(15)22;/h3-10,15-16,20H,1-2H3;1H2/t15-,16-;/m0./s1. The fraction of sp³-hybridized carbons (Fsp3) is 0.222. The van der Waals surface area contributed by atoms with Crippen molar-refractivity contribution in [2.24, 2.45) is 5.92 Å². The van der Waals surface area contributed by atoms with Gasteiger partial charge in [-0.2, -0.15) is 0 Å². The second-order valence-corrected chi connectivity index (χ2v) is 6.23. The number of benzene rings is 2. The molecule has 0 radical (unpaired) electrons. The van der Waals surface area contributed by atoms with E-state index in [9.17, 15) is 9.59 Å². The van der Waals surface area contributed by atoms with E-state index in [1.807, 2.05) is 24.3 Å². The molecule has 1 aliphatic rings. The first-order valence-electron chi connectivity index (χ1n) is 7.35. The molecule has 3 N–H and O–H groups in total. The molecule has 0 fully saturated rings. The highest BCUT2D eigenvalue weighted by Gasteiger charge is 2.41. The van der Waals surface area contributed by atoms with Crippen molar-refractivity contribution in [1.82, 2.24) is 4.90 Å².